The Morgan fingerprint density at radius 3 is 2.83 bits per heavy atom. The number of amides is 1. The van der Waals surface area contributed by atoms with Gasteiger partial charge in [0.25, 0.3) is 5.78 Å². The lowest BCUT2D eigenvalue weighted by molar-refractivity contribution is -0.113. The number of nitrogens with zero attached hydrogens (tertiary/aromatic N) is 5. The number of benzene rings is 1. The van der Waals surface area contributed by atoms with Crippen molar-refractivity contribution >= 4 is 51.9 Å². The molecule has 11 heteroatoms. The summed E-state index contributed by atoms with van der Waals surface area (Å²) >= 11 is 1.28. The fourth-order valence-corrected chi connectivity index (χ4v) is 3.64. The van der Waals surface area contributed by atoms with E-state index >= 15 is 0 Å². The van der Waals surface area contributed by atoms with Crippen LogP contribution in [0.25, 0.3) is 16.7 Å². The number of thioether (sulfide) groups is 1. The van der Waals surface area contributed by atoms with Crippen LogP contribution < -0.4 is 16.0 Å². The number of carbonyl (C=O) groups is 1. The van der Waals surface area contributed by atoms with Crippen LogP contribution in [0.1, 0.15) is 13.8 Å². The van der Waals surface area contributed by atoms with E-state index in [0.717, 1.165) is 16.6 Å². The van der Waals surface area contributed by atoms with Crippen molar-refractivity contribution < 1.29 is 4.79 Å². The van der Waals surface area contributed by atoms with E-state index in [1.54, 1.807) is 4.40 Å². The van der Waals surface area contributed by atoms with Crippen LogP contribution in [0, 0.1) is 0 Å². The highest BCUT2D eigenvalue weighted by Crippen LogP contribution is 2.24. The fraction of sp³-hybridized carbons (Fsp3) is 0.278. The van der Waals surface area contributed by atoms with Gasteiger partial charge in [0.05, 0.1) is 11.4 Å². The molecule has 150 valence electrons. The number of hydrogen-bond donors (Lipinski definition) is 4. The summed E-state index contributed by atoms with van der Waals surface area (Å²) in [4.78, 5) is 24.5. The largest absolute Gasteiger partial charge is 0.361 e. The lowest BCUT2D eigenvalue weighted by Crippen LogP contribution is -2.15. The minimum Gasteiger partial charge on any atom is -0.361 e. The van der Waals surface area contributed by atoms with Crippen LogP contribution in [0.15, 0.2) is 35.6 Å². The van der Waals surface area contributed by atoms with E-state index in [2.05, 4.69) is 41.1 Å². The first-order valence-corrected chi connectivity index (χ1v) is 10.3. The van der Waals surface area contributed by atoms with Gasteiger partial charge in [0.1, 0.15) is 0 Å². The van der Waals surface area contributed by atoms with Crippen molar-refractivity contribution in [3.63, 3.8) is 0 Å². The van der Waals surface area contributed by atoms with Gasteiger partial charge in [0.15, 0.2) is 5.16 Å². The van der Waals surface area contributed by atoms with E-state index in [1.807, 2.05) is 44.3 Å². The molecule has 0 aliphatic heterocycles. The molecule has 4 rings (SSSR count). The van der Waals surface area contributed by atoms with Crippen LogP contribution in [0.5, 0.6) is 0 Å². The highest BCUT2D eigenvalue weighted by atomic mass is 32.2. The molecule has 0 saturated heterocycles. The second-order valence-corrected chi connectivity index (χ2v) is 7.07. The predicted molar refractivity (Wildman–Crippen MR) is 115 cm³/mol. The molecule has 3 heterocycles. The molecule has 0 unspecified atom stereocenters. The molecule has 29 heavy (non-hydrogen) atoms. The zero-order valence-electron chi connectivity index (χ0n) is 16.1. The molecule has 0 aliphatic rings. The summed E-state index contributed by atoms with van der Waals surface area (Å²) in [5.41, 5.74) is 1.75. The Balaban J connectivity index is 1.52. The summed E-state index contributed by atoms with van der Waals surface area (Å²) in [6, 6.07) is 7.68. The number of nitrogens with one attached hydrogen (secondary N) is 4. The third-order valence-corrected chi connectivity index (χ3v) is 5.05. The van der Waals surface area contributed by atoms with Gasteiger partial charge < -0.3 is 20.9 Å². The van der Waals surface area contributed by atoms with Gasteiger partial charge in [-0.3, -0.25) is 4.79 Å². The van der Waals surface area contributed by atoms with Gasteiger partial charge in [-0.2, -0.15) is 9.97 Å². The maximum absolute atomic E-state index is 12.5. The fourth-order valence-electron chi connectivity index (χ4n) is 2.91. The van der Waals surface area contributed by atoms with Gasteiger partial charge in [0, 0.05) is 30.2 Å². The number of H-pyrrole nitrogens is 1. The van der Waals surface area contributed by atoms with Crippen LogP contribution in [0.2, 0.25) is 0 Å². The summed E-state index contributed by atoms with van der Waals surface area (Å²) < 4.78 is 1.72. The molecule has 0 spiro atoms. The smallest absolute Gasteiger partial charge is 0.261 e. The number of anilines is 3. The molecule has 10 nitrogen and oxygen atoms in total. The third-order valence-electron chi connectivity index (χ3n) is 4.12. The quantitative estimate of drug-likeness (QED) is 0.326. The Morgan fingerprint density at radius 1 is 1.14 bits per heavy atom. The third kappa shape index (κ3) is 3.94. The topological polar surface area (TPSA) is 125 Å². The SMILES string of the molecule is CCNc1nc(NCC)n2c(SCC(=O)Nc3cccc4[nH]ccc34)nnc2n1. The number of rotatable bonds is 8. The average Bonchev–Trinajstić information content (AvgIpc) is 3.34. The molecule has 4 N–H and O–H groups in total. The van der Waals surface area contributed by atoms with Crippen molar-refractivity contribution in [1.82, 2.24) is 29.5 Å². The number of carbonyl (C=O) groups excluding carboxylic acids is 1. The van der Waals surface area contributed by atoms with Crippen molar-refractivity contribution in [3.8, 4) is 0 Å². The Bertz CT molecular complexity index is 1150. The Morgan fingerprint density at radius 2 is 2.00 bits per heavy atom. The van der Waals surface area contributed by atoms with Crippen LogP contribution in [0.4, 0.5) is 17.6 Å². The monoisotopic (exact) mass is 411 g/mol. The van der Waals surface area contributed by atoms with Crippen LogP contribution in [0.3, 0.4) is 0 Å². The number of hydrogen-bond acceptors (Lipinski definition) is 8. The van der Waals surface area contributed by atoms with Crippen molar-refractivity contribution in [2.45, 2.75) is 19.0 Å². The highest BCUT2D eigenvalue weighted by Gasteiger charge is 2.16. The first kappa shape index (κ1) is 19.0. The summed E-state index contributed by atoms with van der Waals surface area (Å²) in [6.07, 6.45) is 1.85. The maximum atomic E-state index is 12.5. The molecule has 1 amide bonds. The lowest BCUT2D eigenvalue weighted by Gasteiger charge is -2.10. The van der Waals surface area contributed by atoms with E-state index in [-0.39, 0.29) is 11.7 Å². The zero-order valence-corrected chi connectivity index (χ0v) is 16.9. The van der Waals surface area contributed by atoms with Crippen LogP contribution >= 0.6 is 11.8 Å². The van der Waals surface area contributed by atoms with Gasteiger partial charge in [-0.1, -0.05) is 17.8 Å². The summed E-state index contributed by atoms with van der Waals surface area (Å²) in [7, 11) is 0. The molecular formula is C18H21N9OS. The van der Waals surface area contributed by atoms with Crippen LogP contribution in [-0.2, 0) is 4.79 Å². The standard InChI is InChI=1S/C18H21N9OS/c1-3-19-15-23-16(20-4-2)27-17(24-15)25-26-18(27)29-10-14(28)22-13-7-5-6-12-11(13)8-9-21-12/h5-9,21H,3-4,10H2,1-2H3,(H,22,28)(H2,19,20,23,24,25). The van der Waals surface area contributed by atoms with Crippen molar-refractivity contribution in [2.75, 3.05) is 34.8 Å². The van der Waals surface area contributed by atoms with Gasteiger partial charge in [-0.05, 0) is 32.0 Å². The predicted octanol–water partition coefficient (Wildman–Crippen LogP) is 2.60. The minimum absolute atomic E-state index is 0.129. The Kier molecular flexibility index (Phi) is 5.47. The summed E-state index contributed by atoms with van der Waals surface area (Å²) in [5.74, 6) is 1.54. The number of aromatic nitrogens is 6. The van der Waals surface area contributed by atoms with E-state index in [0.29, 0.717) is 35.9 Å². The molecule has 1 aromatic carbocycles. The molecule has 0 fully saturated rings. The van der Waals surface area contributed by atoms with Crippen molar-refractivity contribution in [2.24, 2.45) is 0 Å². The summed E-state index contributed by atoms with van der Waals surface area (Å²) in [5, 5.41) is 19.1. The molecule has 0 bridgehead atoms. The molecule has 0 saturated carbocycles. The first-order chi connectivity index (χ1) is 14.2. The molecule has 4 aromatic rings. The zero-order chi connectivity index (χ0) is 20.2. The Labute approximate surface area is 170 Å². The van der Waals surface area contributed by atoms with Crippen molar-refractivity contribution in [1.29, 1.82) is 0 Å². The van der Waals surface area contributed by atoms with Crippen LogP contribution in [-0.4, -0.2) is 54.3 Å². The maximum Gasteiger partial charge on any atom is 0.261 e. The number of aromatic amines is 1. The normalized spacial score (nSPS) is 11.1. The summed E-state index contributed by atoms with van der Waals surface area (Å²) in [6.45, 7) is 5.33. The second-order valence-electron chi connectivity index (χ2n) is 6.13. The van der Waals surface area contributed by atoms with E-state index in [9.17, 15) is 4.79 Å². The molecule has 0 atom stereocenters. The highest BCUT2D eigenvalue weighted by molar-refractivity contribution is 7.99. The van der Waals surface area contributed by atoms with E-state index in [4.69, 9.17) is 0 Å². The molecular weight excluding hydrogens is 390 g/mol. The molecule has 0 radical (unpaired) electrons. The average molecular weight is 411 g/mol. The molecule has 3 aromatic heterocycles. The van der Waals surface area contributed by atoms with E-state index < -0.39 is 0 Å². The first-order valence-electron chi connectivity index (χ1n) is 9.29. The van der Waals surface area contributed by atoms with Gasteiger partial charge in [-0.15, -0.1) is 10.2 Å². The number of fused-ring (bicyclic) bond motifs is 2. The van der Waals surface area contributed by atoms with E-state index in [1.165, 1.54) is 11.8 Å². The Hall–Kier alpha value is -3.34. The minimum atomic E-state index is -0.129. The lowest BCUT2D eigenvalue weighted by atomic mass is 10.2. The van der Waals surface area contributed by atoms with Gasteiger partial charge in [0.2, 0.25) is 17.8 Å². The molecule has 0 aliphatic carbocycles. The second kappa shape index (κ2) is 8.35. The van der Waals surface area contributed by atoms with Crippen molar-refractivity contribution in [3.05, 3.63) is 30.5 Å². The van der Waals surface area contributed by atoms with Gasteiger partial charge in [-0.25, -0.2) is 4.40 Å². The van der Waals surface area contributed by atoms with Gasteiger partial charge >= 0.3 is 0 Å².